The molecule has 0 bridgehead atoms. The van der Waals surface area contributed by atoms with Gasteiger partial charge in [0.05, 0.1) is 5.54 Å². The van der Waals surface area contributed by atoms with Crippen LogP contribution in [-0.4, -0.2) is 60.3 Å². The van der Waals surface area contributed by atoms with Crippen molar-refractivity contribution in [2.75, 3.05) is 25.0 Å². The van der Waals surface area contributed by atoms with E-state index >= 15 is 0 Å². The maximum absolute atomic E-state index is 14.1. The summed E-state index contributed by atoms with van der Waals surface area (Å²) in [6.45, 7) is 4.28. The van der Waals surface area contributed by atoms with Crippen molar-refractivity contribution in [3.8, 4) is 0 Å². The maximum Gasteiger partial charge on any atom is 0.407 e. The van der Waals surface area contributed by atoms with Gasteiger partial charge in [-0.1, -0.05) is 6.07 Å². The van der Waals surface area contributed by atoms with Gasteiger partial charge in [-0.2, -0.15) is 0 Å². The largest absolute Gasteiger partial charge is 0.447 e. The van der Waals surface area contributed by atoms with Gasteiger partial charge in [-0.3, -0.25) is 4.79 Å². The second-order valence-electron chi connectivity index (χ2n) is 9.66. The maximum atomic E-state index is 14.1. The number of carbonyl (C=O) groups is 2. The molecule has 1 aromatic rings. The van der Waals surface area contributed by atoms with Crippen molar-refractivity contribution in [3.05, 3.63) is 29.1 Å². The van der Waals surface area contributed by atoms with Gasteiger partial charge in [0.25, 0.3) is 0 Å². The van der Waals surface area contributed by atoms with Crippen molar-refractivity contribution in [1.82, 2.24) is 15.5 Å². The number of alkyl carbamates (subject to hydrolysis) is 1. The zero-order valence-electron chi connectivity index (χ0n) is 18.0. The third-order valence-corrected chi connectivity index (χ3v) is 7.62. The monoisotopic (exact) mass is 430 g/mol. The minimum atomic E-state index is -0.410. The second-order valence-corrected chi connectivity index (χ2v) is 9.66. The molecule has 1 spiro atoms. The molecule has 168 valence electrons. The lowest BCUT2D eigenvalue weighted by Gasteiger charge is -2.44. The summed E-state index contributed by atoms with van der Waals surface area (Å²) in [6, 6.07) is 3.41. The molecule has 1 aliphatic carbocycles. The molecule has 1 aromatic carbocycles. The lowest BCUT2D eigenvalue weighted by atomic mass is 9.84. The molecule has 5 rings (SSSR count). The van der Waals surface area contributed by atoms with Crippen molar-refractivity contribution in [1.29, 1.82) is 0 Å². The van der Waals surface area contributed by atoms with E-state index in [0.717, 1.165) is 62.9 Å². The van der Waals surface area contributed by atoms with Crippen molar-refractivity contribution < 1.29 is 18.7 Å². The van der Waals surface area contributed by atoms with Crippen LogP contribution >= 0.6 is 0 Å². The Hall–Kier alpha value is -2.35. The molecule has 0 radical (unpaired) electrons. The second kappa shape index (κ2) is 7.97. The lowest BCUT2D eigenvalue weighted by molar-refractivity contribution is -0.122. The molecule has 4 aliphatic rings. The van der Waals surface area contributed by atoms with Crippen LogP contribution in [0, 0.1) is 12.7 Å². The summed E-state index contributed by atoms with van der Waals surface area (Å²) in [5.74, 6) is -0.281. The molecule has 8 heteroatoms. The predicted octanol–water partition coefficient (Wildman–Crippen LogP) is 2.47. The molecule has 1 saturated carbocycles. The molecule has 3 fully saturated rings. The highest BCUT2D eigenvalue weighted by Crippen LogP contribution is 2.33. The molecule has 3 unspecified atom stereocenters. The van der Waals surface area contributed by atoms with Crippen molar-refractivity contribution in [2.24, 2.45) is 0 Å². The standard InChI is InChI=1S/C23H31FN4O3/c1-14-5-6-18(24)17-12-19(26-20(14)17)21(29)25-15-3-2-4-16(11-15)28-9-7-23(8-10-28)13-31-22(30)27-23/h5-6,15-16,19,26H,2-4,7-13H2,1H3,(H,25,29)(H,27,30). The van der Waals surface area contributed by atoms with E-state index in [1.165, 1.54) is 6.07 Å². The fraction of sp³-hybridized carbons (Fsp3) is 0.652. The topological polar surface area (TPSA) is 82.7 Å². The average molecular weight is 431 g/mol. The number of nitrogens with zero attached hydrogens (tertiary/aromatic N) is 1. The van der Waals surface area contributed by atoms with Crippen LogP contribution in [0.3, 0.4) is 0 Å². The highest BCUT2D eigenvalue weighted by molar-refractivity contribution is 5.88. The van der Waals surface area contributed by atoms with Gasteiger partial charge in [0, 0.05) is 42.8 Å². The van der Waals surface area contributed by atoms with Crippen molar-refractivity contribution >= 4 is 17.7 Å². The van der Waals surface area contributed by atoms with Crippen LogP contribution in [0.2, 0.25) is 0 Å². The first-order valence-electron chi connectivity index (χ1n) is 11.5. The fourth-order valence-electron chi connectivity index (χ4n) is 5.74. The molecule has 2 amide bonds. The van der Waals surface area contributed by atoms with E-state index in [1.807, 2.05) is 6.92 Å². The third kappa shape index (κ3) is 3.97. The molecule has 0 aromatic heterocycles. The Balaban J connectivity index is 1.15. The Morgan fingerprint density at radius 3 is 2.81 bits per heavy atom. The quantitative estimate of drug-likeness (QED) is 0.686. The summed E-state index contributed by atoms with van der Waals surface area (Å²) in [7, 11) is 0. The van der Waals surface area contributed by atoms with E-state index in [1.54, 1.807) is 6.07 Å². The van der Waals surface area contributed by atoms with Crippen molar-refractivity contribution in [2.45, 2.75) is 75.5 Å². The van der Waals surface area contributed by atoms with Crippen LogP contribution in [0.5, 0.6) is 0 Å². The Morgan fingerprint density at radius 2 is 2.10 bits per heavy atom. The molecule has 2 saturated heterocycles. The lowest BCUT2D eigenvalue weighted by Crippen LogP contribution is -2.56. The van der Waals surface area contributed by atoms with Crippen LogP contribution < -0.4 is 16.0 Å². The summed E-state index contributed by atoms with van der Waals surface area (Å²) in [4.78, 5) is 26.9. The van der Waals surface area contributed by atoms with Crippen LogP contribution in [0.4, 0.5) is 14.9 Å². The number of rotatable bonds is 3. The molecule has 3 aliphatic heterocycles. The molecule has 7 nitrogen and oxygen atoms in total. The molecule has 3 heterocycles. The minimum Gasteiger partial charge on any atom is -0.447 e. The minimum absolute atomic E-state index is 0.0379. The van der Waals surface area contributed by atoms with Crippen molar-refractivity contribution in [3.63, 3.8) is 0 Å². The van der Waals surface area contributed by atoms with Gasteiger partial charge in [-0.05, 0) is 57.1 Å². The summed E-state index contributed by atoms with van der Waals surface area (Å²) in [5, 5.41) is 9.46. The number of hydrogen-bond acceptors (Lipinski definition) is 5. The van der Waals surface area contributed by atoms with Gasteiger partial charge in [0.2, 0.25) is 5.91 Å². The Bertz CT molecular complexity index is 853. The molecular weight excluding hydrogens is 399 g/mol. The van der Waals surface area contributed by atoms with Gasteiger partial charge in [-0.25, -0.2) is 9.18 Å². The highest BCUT2D eigenvalue weighted by atomic mass is 19.1. The number of likely N-dealkylation sites (tertiary alicyclic amines) is 1. The fourth-order valence-corrected chi connectivity index (χ4v) is 5.74. The van der Waals surface area contributed by atoms with Gasteiger partial charge in [-0.15, -0.1) is 0 Å². The van der Waals surface area contributed by atoms with Gasteiger partial charge < -0.3 is 25.6 Å². The number of benzene rings is 1. The zero-order chi connectivity index (χ0) is 21.6. The molecule has 31 heavy (non-hydrogen) atoms. The predicted molar refractivity (Wildman–Crippen MR) is 114 cm³/mol. The normalized spacial score (nSPS) is 29.7. The summed E-state index contributed by atoms with van der Waals surface area (Å²) in [6.07, 6.45) is 6.05. The number of nitrogens with one attached hydrogen (secondary N) is 3. The number of cyclic esters (lactones) is 1. The van der Waals surface area contributed by atoms with Crippen LogP contribution in [0.15, 0.2) is 12.1 Å². The van der Waals surface area contributed by atoms with Gasteiger partial charge >= 0.3 is 6.09 Å². The van der Waals surface area contributed by atoms with E-state index in [9.17, 15) is 14.0 Å². The van der Waals surface area contributed by atoms with Crippen LogP contribution in [-0.2, 0) is 16.0 Å². The molecular formula is C23H31FN4O3. The molecule has 3 atom stereocenters. The van der Waals surface area contributed by atoms with Gasteiger partial charge in [0.1, 0.15) is 18.5 Å². The first-order valence-corrected chi connectivity index (χ1v) is 11.5. The smallest absolute Gasteiger partial charge is 0.407 e. The summed E-state index contributed by atoms with van der Waals surface area (Å²) >= 11 is 0. The van der Waals surface area contributed by atoms with E-state index in [0.29, 0.717) is 24.6 Å². The summed E-state index contributed by atoms with van der Waals surface area (Å²) < 4.78 is 19.3. The van der Waals surface area contributed by atoms with E-state index < -0.39 is 6.04 Å². The first kappa shape index (κ1) is 20.5. The van der Waals surface area contributed by atoms with E-state index in [4.69, 9.17) is 4.74 Å². The Morgan fingerprint density at radius 1 is 1.29 bits per heavy atom. The number of ether oxygens (including phenoxy) is 1. The number of anilines is 1. The number of amides is 2. The summed E-state index contributed by atoms with van der Waals surface area (Å²) in [5.41, 5.74) is 2.17. The number of halogens is 1. The average Bonchev–Trinajstić information content (AvgIpc) is 3.37. The number of fused-ring (bicyclic) bond motifs is 1. The van der Waals surface area contributed by atoms with Crippen LogP contribution in [0.1, 0.15) is 49.7 Å². The number of hydrogen-bond donors (Lipinski definition) is 3. The SMILES string of the molecule is Cc1ccc(F)c2c1NC(C(=O)NC1CCCC(N3CCC4(CC3)COC(=O)N4)C1)C2. The highest BCUT2D eigenvalue weighted by Gasteiger charge is 2.43. The van der Waals surface area contributed by atoms with Crippen LogP contribution in [0.25, 0.3) is 0 Å². The number of carbonyl (C=O) groups excluding carboxylic acids is 2. The van der Waals surface area contributed by atoms with E-state index in [2.05, 4.69) is 20.9 Å². The molecule has 3 N–H and O–H groups in total. The van der Waals surface area contributed by atoms with Gasteiger partial charge in [0.15, 0.2) is 0 Å². The van der Waals surface area contributed by atoms with E-state index in [-0.39, 0.29) is 29.4 Å². The zero-order valence-corrected chi connectivity index (χ0v) is 18.0. The first-order chi connectivity index (χ1) is 14.9. The Kier molecular flexibility index (Phi) is 5.28. The number of piperidine rings is 1. The number of aryl methyl sites for hydroxylation is 1. The third-order valence-electron chi connectivity index (χ3n) is 7.62. The Labute approximate surface area is 182 Å².